The Kier molecular flexibility index (Phi) is 5.66. The molecule has 1 aliphatic rings. The SMILES string of the molecule is COC1CC(CC(=O)O)N(C(=O)C(F)c2ccc(C(F)(F)F)cc2)C1. The number of aliphatic carboxylic acids is 1. The molecule has 25 heavy (non-hydrogen) atoms. The van der Waals surface area contributed by atoms with Gasteiger partial charge in [-0.1, -0.05) is 12.1 Å². The van der Waals surface area contributed by atoms with Gasteiger partial charge in [0.25, 0.3) is 5.91 Å². The predicted molar refractivity (Wildman–Crippen MR) is 78.5 cm³/mol. The van der Waals surface area contributed by atoms with E-state index >= 15 is 0 Å². The lowest BCUT2D eigenvalue weighted by Gasteiger charge is -2.25. The molecule has 1 aromatic rings. The number of likely N-dealkylation sites (tertiary alicyclic amines) is 1. The lowest BCUT2D eigenvalue weighted by Crippen LogP contribution is -2.39. The quantitative estimate of drug-likeness (QED) is 0.817. The molecule has 9 heteroatoms. The first-order valence-corrected chi connectivity index (χ1v) is 7.49. The van der Waals surface area contributed by atoms with E-state index in [0.29, 0.717) is 12.1 Å². The highest BCUT2D eigenvalue weighted by atomic mass is 19.4. The van der Waals surface area contributed by atoms with Crippen LogP contribution in [0.5, 0.6) is 0 Å². The fourth-order valence-electron chi connectivity index (χ4n) is 2.84. The zero-order valence-corrected chi connectivity index (χ0v) is 13.3. The zero-order chi connectivity index (χ0) is 18.8. The number of carboxylic acids is 1. The third-order valence-electron chi connectivity index (χ3n) is 4.15. The Morgan fingerprint density at radius 3 is 2.40 bits per heavy atom. The van der Waals surface area contributed by atoms with Crippen LogP contribution in [0, 0.1) is 0 Å². The number of ether oxygens (including phenoxy) is 1. The number of methoxy groups -OCH3 is 1. The van der Waals surface area contributed by atoms with Crippen LogP contribution in [0.1, 0.15) is 30.1 Å². The minimum atomic E-state index is -4.55. The van der Waals surface area contributed by atoms with Gasteiger partial charge in [-0.25, -0.2) is 4.39 Å². The fourth-order valence-corrected chi connectivity index (χ4v) is 2.84. The first-order chi connectivity index (χ1) is 11.6. The molecule has 0 bridgehead atoms. The standard InChI is InChI=1S/C16H17F4NO4/c1-25-12-6-11(7-13(22)23)21(8-12)15(24)14(17)9-2-4-10(5-3-9)16(18,19)20/h2-5,11-12,14H,6-8H2,1H3,(H,22,23). The largest absolute Gasteiger partial charge is 0.481 e. The number of carboxylic acid groups (broad SMARTS) is 1. The number of carbonyl (C=O) groups is 2. The number of benzene rings is 1. The van der Waals surface area contributed by atoms with Crippen molar-refractivity contribution >= 4 is 11.9 Å². The van der Waals surface area contributed by atoms with Gasteiger partial charge in [0, 0.05) is 19.7 Å². The first kappa shape index (κ1) is 19.2. The van der Waals surface area contributed by atoms with E-state index in [1.807, 2.05) is 0 Å². The number of alkyl halides is 4. The maximum atomic E-state index is 14.5. The lowest BCUT2D eigenvalue weighted by atomic mass is 10.1. The monoisotopic (exact) mass is 363 g/mol. The summed E-state index contributed by atoms with van der Waals surface area (Å²) in [5.41, 5.74) is -1.16. The summed E-state index contributed by atoms with van der Waals surface area (Å²) in [5.74, 6) is -2.12. The summed E-state index contributed by atoms with van der Waals surface area (Å²) in [7, 11) is 1.40. The summed E-state index contributed by atoms with van der Waals surface area (Å²) < 4.78 is 57.2. The van der Waals surface area contributed by atoms with E-state index in [-0.39, 0.29) is 24.9 Å². The van der Waals surface area contributed by atoms with E-state index in [4.69, 9.17) is 9.84 Å². The summed E-state index contributed by atoms with van der Waals surface area (Å²) in [4.78, 5) is 24.4. The highest BCUT2D eigenvalue weighted by Gasteiger charge is 2.40. The van der Waals surface area contributed by atoms with E-state index in [1.165, 1.54) is 7.11 Å². The van der Waals surface area contributed by atoms with Gasteiger partial charge in [-0.3, -0.25) is 9.59 Å². The number of hydrogen-bond acceptors (Lipinski definition) is 3. The van der Waals surface area contributed by atoms with Gasteiger partial charge >= 0.3 is 12.1 Å². The molecule has 5 nitrogen and oxygen atoms in total. The number of nitrogens with zero attached hydrogens (tertiary/aromatic N) is 1. The molecule has 1 aromatic carbocycles. The molecule has 138 valence electrons. The summed E-state index contributed by atoms with van der Waals surface area (Å²) >= 11 is 0. The minimum Gasteiger partial charge on any atom is -0.481 e. The van der Waals surface area contributed by atoms with Crippen molar-refractivity contribution in [3.05, 3.63) is 35.4 Å². The smallest absolute Gasteiger partial charge is 0.416 e. The predicted octanol–water partition coefficient (Wildman–Crippen LogP) is 2.81. The van der Waals surface area contributed by atoms with Crippen LogP contribution >= 0.6 is 0 Å². The van der Waals surface area contributed by atoms with E-state index in [2.05, 4.69) is 0 Å². The summed E-state index contributed by atoms with van der Waals surface area (Å²) in [6, 6.07) is 2.49. The van der Waals surface area contributed by atoms with Crippen LogP contribution < -0.4 is 0 Å². The summed E-state index contributed by atoms with van der Waals surface area (Å²) in [6.45, 7) is 0.0360. The Labute approximate surface area is 141 Å². The highest BCUT2D eigenvalue weighted by Crippen LogP contribution is 2.32. The van der Waals surface area contributed by atoms with E-state index in [0.717, 1.165) is 17.0 Å². The normalized spacial score (nSPS) is 22.0. The van der Waals surface area contributed by atoms with Crippen molar-refractivity contribution < 1.29 is 37.0 Å². The topological polar surface area (TPSA) is 66.8 Å². The van der Waals surface area contributed by atoms with Gasteiger partial charge in [0.05, 0.1) is 18.1 Å². The average Bonchev–Trinajstić information content (AvgIpc) is 2.95. The molecular weight excluding hydrogens is 346 g/mol. The van der Waals surface area contributed by atoms with Crippen molar-refractivity contribution in [3.8, 4) is 0 Å². The third-order valence-corrected chi connectivity index (χ3v) is 4.15. The molecule has 3 unspecified atom stereocenters. The van der Waals surface area contributed by atoms with Crippen LogP contribution in [-0.2, 0) is 20.5 Å². The fraction of sp³-hybridized carbons (Fsp3) is 0.500. The van der Waals surface area contributed by atoms with Crippen LogP contribution in [0.15, 0.2) is 24.3 Å². The van der Waals surface area contributed by atoms with Crippen molar-refractivity contribution in [2.24, 2.45) is 0 Å². The molecule has 1 saturated heterocycles. The van der Waals surface area contributed by atoms with Crippen LogP contribution in [0.4, 0.5) is 17.6 Å². The number of amides is 1. The molecule has 1 heterocycles. The second-order valence-electron chi connectivity index (χ2n) is 5.82. The second-order valence-corrected chi connectivity index (χ2v) is 5.82. The third kappa shape index (κ3) is 4.47. The van der Waals surface area contributed by atoms with Crippen molar-refractivity contribution in [2.75, 3.05) is 13.7 Å². The number of carbonyl (C=O) groups excluding carboxylic acids is 1. The summed E-state index contributed by atoms with van der Waals surface area (Å²) in [5, 5.41) is 8.92. The molecule has 3 atom stereocenters. The molecule has 1 aliphatic heterocycles. The van der Waals surface area contributed by atoms with E-state index in [9.17, 15) is 27.2 Å². The van der Waals surface area contributed by atoms with Crippen molar-refractivity contribution in [3.63, 3.8) is 0 Å². The molecule has 1 fully saturated rings. The molecule has 2 rings (SSSR count). The molecule has 0 aromatic heterocycles. The van der Waals surface area contributed by atoms with Gasteiger partial charge in [-0.05, 0) is 24.1 Å². The maximum absolute atomic E-state index is 14.5. The molecule has 0 radical (unpaired) electrons. The Hall–Kier alpha value is -2.16. The van der Waals surface area contributed by atoms with Crippen LogP contribution in [0.3, 0.4) is 0 Å². The van der Waals surface area contributed by atoms with Gasteiger partial charge < -0.3 is 14.7 Å². The van der Waals surface area contributed by atoms with Crippen LogP contribution in [0.25, 0.3) is 0 Å². The number of halogens is 4. The van der Waals surface area contributed by atoms with Gasteiger partial charge in [-0.2, -0.15) is 13.2 Å². The van der Waals surface area contributed by atoms with Gasteiger partial charge in [0.1, 0.15) is 0 Å². The molecule has 0 saturated carbocycles. The first-order valence-electron chi connectivity index (χ1n) is 7.49. The number of rotatable bonds is 5. The van der Waals surface area contributed by atoms with Gasteiger partial charge in [0.2, 0.25) is 6.17 Å². The van der Waals surface area contributed by atoms with E-state index in [1.54, 1.807) is 0 Å². The van der Waals surface area contributed by atoms with E-state index < -0.39 is 41.9 Å². The van der Waals surface area contributed by atoms with Gasteiger partial charge in [0.15, 0.2) is 0 Å². The zero-order valence-electron chi connectivity index (χ0n) is 13.3. The molecule has 0 aliphatic carbocycles. The molecule has 1 N–H and O–H groups in total. The second kappa shape index (κ2) is 7.38. The van der Waals surface area contributed by atoms with Crippen molar-refractivity contribution in [1.29, 1.82) is 0 Å². The van der Waals surface area contributed by atoms with Crippen molar-refractivity contribution in [1.82, 2.24) is 4.90 Å². The Morgan fingerprint density at radius 1 is 1.32 bits per heavy atom. The van der Waals surface area contributed by atoms with Crippen LogP contribution in [0.2, 0.25) is 0 Å². The minimum absolute atomic E-state index is 0.0360. The van der Waals surface area contributed by atoms with Gasteiger partial charge in [-0.15, -0.1) is 0 Å². The maximum Gasteiger partial charge on any atom is 0.416 e. The number of hydrogen-bond donors (Lipinski definition) is 1. The Balaban J connectivity index is 2.16. The highest BCUT2D eigenvalue weighted by molar-refractivity contribution is 5.83. The molecule has 1 amide bonds. The Morgan fingerprint density at radius 2 is 1.92 bits per heavy atom. The van der Waals surface area contributed by atoms with Crippen molar-refractivity contribution in [2.45, 2.75) is 37.3 Å². The average molecular weight is 363 g/mol. The van der Waals surface area contributed by atoms with Crippen LogP contribution in [-0.4, -0.2) is 47.7 Å². The molecule has 0 spiro atoms. The Bertz CT molecular complexity index is 632. The summed E-state index contributed by atoms with van der Waals surface area (Å²) in [6.07, 6.45) is -7.23. The molecular formula is C16H17F4NO4. The lowest BCUT2D eigenvalue weighted by molar-refractivity contribution is -0.142.